The average molecular weight is 269 g/mol. The molecular formula is C17H19NO2. The number of nitrogens with zero attached hydrogens (tertiary/aromatic N) is 1. The number of rotatable bonds is 5. The second-order valence-corrected chi connectivity index (χ2v) is 5.58. The zero-order chi connectivity index (χ0) is 13.9. The molecule has 2 atom stereocenters. The predicted molar refractivity (Wildman–Crippen MR) is 76.7 cm³/mol. The van der Waals surface area contributed by atoms with Gasteiger partial charge in [-0.3, -0.25) is 4.79 Å². The third-order valence-electron chi connectivity index (χ3n) is 3.88. The molecule has 2 aromatic rings. The van der Waals surface area contributed by atoms with Crippen molar-refractivity contribution in [3.8, 4) is 0 Å². The van der Waals surface area contributed by atoms with Crippen molar-refractivity contribution in [3.05, 3.63) is 60.1 Å². The quantitative estimate of drug-likeness (QED) is 0.832. The van der Waals surface area contributed by atoms with Gasteiger partial charge in [0.15, 0.2) is 0 Å². The van der Waals surface area contributed by atoms with Crippen LogP contribution < -0.4 is 0 Å². The highest BCUT2D eigenvalue weighted by Gasteiger charge is 2.41. The number of carbonyl (C=O) groups is 1. The van der Waals surface area contributed by atoms with Crippen LogP contribution >= 0.6 is 0 Å². The summed E-state index contributed by atoms with van der Waals surface area (Å²) in [6.07, 6.45) is 2.67. The van der Waals surface area contributed by atoms with Gasteiger partial charge >= 0.3 is 0 Å². The Morgan fingerprint density at radius 1 is 1.20 bits per heavy atom. The molecule has 0 saturated heterocycles. The largest absolute Gasteiger partial charge is 0.467 e. The van der Waals surface area contributed by atoms with Crippen molar-refractivity contribution in [2.45, 2.75) is 26.4 Å². The molecule has 1 fully saturated rings. The van der Waals surface area contributed by atoms with Crippen LogP contribution in [0.1, 0.15) is 24.7 Å². The highest BCUT2D eigenvalue weighted by atomic mass is 16.3. The molecule has 0 bridgehead atoms. The van der Waals surface area contributed by atoms with E-state index in [1.165, 1.54) is 0 Å². The van der Waals surface area contributed by atoms with Crippen LogP contribution in [0.25, 0.3) is 0 Å². The third kappa shape index (κ3) is 2.93. The van der Waals surface area contributed by atoms with Gasteiger partial charge in [-0.05, 0) is 30.0 Å². The van der Waals surface area contributed by atoms with E-state index in [1.807, 2.05) is 35.2 Å². The Labute approximate surface area is 119 Å². The summed E-state index contributed by atoms with van der Waals surface area (Å²) in [4.78, 5) is 14.4. The van der Waals surface area contributed by atoms with Crippen LogP contribution in [0, 0.1) is 11.8 Å². The first-order chi connectivity index (χ1) is 9.74. The van der Waals surface area contributed by atoms with Gasteiger partial charge in [0, 0.05) is 12.5 Å². The van der Waals surface area contributed by atoms with E-state index in [2.05, 4.69) is 19.1 Å². The van der Waals surface area contributed by atoms with Gasteiger partial charge in [0.1, 0.15) is 5.76 Å². The van der Waals surface area contributed by atoms with E-state index in [0.29, 0.717) is 19.0 Å². The van der Waals surface area contributed by atoms with E-state index in [0.717, 1.165) is 17.7 Å². The number of furan rings is 1. The second kappa shape index (κ2) is 5.53. The summed E-state index contributed by atoms with van der Waals surface area (Å²) >= 11 is 0. The van der Waals surface area contributed by atoms with Crippen LogP contribution in [0.3, 0.4) is 0 Å². The minimum Gasteiger partial charge on any atom is -0.467 e. The van der Waals surface area contributed by atoms with Crippen molar-refractivity contribution in [1.29, 1.82) is 0 Å². The molecule has 3 nitrogen and oxygen atoms in total. The van der Waals surface area contributed by atoms with Gasteiger partial charge in [-0.2, -0.15) is 0 Å². The smallest absolute Gasteiger partial charge is 0.226 e. The summed E-state index contributed by atoms with van der Waals surface area (Å²) in [5.74, 6) is 1.81. The van der Waals surface area contributed by atoms with Crippen LogP contribution in [0.15, 0.2) is 53.1 Å². The summed E-state index contributed by atoms with van der Waals surface area (Å²) in [6.45, 7) is 3.32. The lowest BCUT2D eigenvalue weighted by molar-refractivity contribution is -0.134. The summed E-state index contributed by atoms with van der Waals surface area (Å²) in [6, 6.07) is 13.9. The van der Waals surface area contributed by atoms with Gasteiger partial charge in [-0.25, -0.2) is 0 Å². The molecular weight excluding hydrogens is 250 g/mol. The van der Waals surface area contributed by atoms with Crippen LogP contribution in [0.4, 0.5) is 0 Å². The van der Waals surface area contributed by atoms with E-state index in [4.69, 9.17) is 4.42 Å². The van der Waals surface area contributed by atoms with Crippen molar-refractivity contribution in [1.82, 2.24) is 4.90 Å². The molecule has 1 amide bonds. The fraction of sp³-hybridized carbons (Fsp3) is 0.353. The molecule has 1 aliphatic carbocycles. The van der Waals surface area contributed by atoms with Gasteiger partial charge in [0.05, 0.1) is 12.8 Å². The SMILES string of the molecule is C[C@@H]1C[C@@H]1C(=O)N(Cc1ccccc1)Cc1ccco1. The molecule has 0 spiro atoms. The molecule has 1 aromatic heterocycles. The van der Waals surface area contributed by atoms with Gasteiger partial charge < -0.3 is 9.32 Å². The Hall–Kier alpha value is -2.03. The molecule has 1 aromatic carbocycles. The van der Waals surface area contributed by atoms with Crippen LogP contribution in [0.2, 0.25) is 0 Å². The zero-order valence-electron chi connectivity index (χ0n) is 11.7. The van der Waals surface area contributed by atoms with Crippen molar-refractivity contribution in [2.24, 2.45) is 11.8 Å². The first kappa shape index (κ1) is 13.0. The summed E-state index contributed by atoms with van der Waals surface area (Å²) in [5.41, 5.74) is 1.15. The van der Waals surface area contributed by atoms with E-state index in [1.54, 1.807) is 6.26 Å². The lowest BCUT2D eigenvalue weighted by atomic mass is 10.2. The molecule has 1 heterocycles. The maximum Gasteiger partial charge on any atom is 0.226 e. The predicted octanol–water partition coefficient (Wildman–Crippen LogP) is 3.46. The van der Waals surface area contributed by atoms with Crippen molar-refractivity contribution in [2.75, 3.05) is 0 Å². The highest BCUT2D eigenvalue weighted by Crippen LogP contribution is 2.39. The fourth-order valence-corrected chi connectivity index (χ4v) is 2.51. The second-order valence-electron chi connectivity index (χ2n) is 5.58. The molecule has 0 radical (unpaired) electrons. The topological polar surface area (TPSA) is 33.5 Å². The molecule has 20 heavy (non-hydrogen) atoms. The zero-order valence-corrected chi connectivity index (χ0v) is 11.7. The lowest BCUT2D eigenvalue weighted by Crippen LogP contribution is -2.31. The summed E-state index contributed by atoms with van der Waals surface area (Å²) in [5, 5.41) is 0. The van der Waals surface area contributed by atoms with E-state index >= 15 is 0 Å². The van der Waals surface area contributed by atoms with Crippen molar-refractivity contribution < 1.29 is 9.21 Å². The Morgan fingerprint density at radius 2 is 1.95 bits per heavy atom. The maximum atomic E-state index is 12.5. The van der Waals surface area contributed by atoms with Gasteiger partial charge in [0.2, 0.25) is 5.91 Å². The molecule has 3 heteroatoms. The van der Waals surface area contributed by atoms with Gasteiger partial charge in [0.25, 0.3) is 0 Å². The number of benzene rings is 1. The van der Waals surface area contributed by atoms with E-state index in [-0.39, 0.29) is 11.8 Å². The van der Waals surface area contributed by atoms with Crippen LogP contribution in [0.5, 0.6) is 0 Å². The number of carbonyl (C=O) groups excluding carboxylic acids is 1. The minimum atomic E-state index is 0.202. The van der Waals surface area contributed by atoms with Crippen LogP contribution in [-0.4, -0.2) is 10.8 Å². The lowest BCUT2D eigenvalue weighted by Gasteiger charge is -2.22. The van der Waals surface area contributed by atoms with Gasteiger partial charge in [-0.1, -0.05) is 37.3 Å². The molecule has 0 unspecified atom stereocenters. The molecule has 0 aliphatic heterocycles. The Bertz CT molecular complexity index is 562. The number of amides is 1. The first-order valence-corrected chi connectivity index (χ1v) is 7.09. The van der Waals surface area contributed by atoms with Crippen molar-refractivity contribution in [3.63, 3.8) is 0 Å². The standard InChI is InChI=1S/C17H19NO2/c1-13-10-16(13)17(19)18(12-15-8-5-9-20-15)11-14-6-3-2-4-7-14/h2-9,13,16H,10-12H2,1H3/t13-,16+/m1/s1. The Morgan fingerprint density at radius 3 is 2.55 bits per heavy atom. The first-order valence-electron chi connectivity index (χ1n) is 7.09. The van der Waals surface area contributed by atoms with Gasteiger partial charge in [-0.15, -0.1) is 0 Å². The summed E-state index contributed by atoms with van der Waals surface area (Å²) in [7, 11) is 0. The normalized spacial score (nSPS) is 20.6. The fourth-order valence-electron chi connectivity index (χ4n) is 2.51. The monoisotopic (exact) mass is 269 g/mol. The number of hydrogen-bond donors (Lipinski definition) is 0. The molecule has 0 N–H and O–H groups in total. The molecule has 104 valence electrons. The number of hydrogen-bond acceptors (Lipinski definition) is 2. The van der Waals surface area contributed by atoms with E-state index < -0.39 is 0 Å². The molecule has 3 rings (SSSR count). The van der Waals surface area contributed by atoms with Crippen molar-refractivity contribution >= 4 is 5.91 Å². The minimum absolute atomic E-state index is 0.202. The Kier molecular flexibility index (Phi) is 3.59. The highest BCUT2D eigenvalue weighted by molar-refractivity contribution is 5.81. The van der Waals surface area contributed by atoms with Crippen LogP contribution in [-0.2, 0) is 17.9 Å². The molecule has 1 aliphatic rings. The van der Waals surface area contributed by atoms with E-state index in [9.17, 15) is 4.79 Å². The summed E-state index contributed by atoms with van der Waals surface area (Å²) < 4.78 is 5.38. The average Bonchev–Trinajstić information content (AvgIpc) is 2.98. The molecule has 1 saturated carbocycles. The Balaban J connectivity index is 1.74. The third-order valence-corrected chi connectivity index (χ3v) is 3.88. The maximum absolute atomic E-state index is 12.5.